The van der Waals surface area contributed by atoms with E-state index in [-0.39, 0.29) is 11.3 Å². The minimum atomic E-state index is -0.0928. The van der Waals surface area contributed by atoms with Crippen molar-refractivity contribution in [3.63, 3.8) is 0 Å². The summed E-state index contributed by atoms with van der Waals surface area (Å²) in [7, 11) is 4.07. The van der Waals surface area contributed by atoms with Crippen LogP contribution in [0.2, 0.25) is 0 Å². The van der Waals surface area contributed by atoms with Gasteiger partial charge in [-0.15, -0.1) is 0 Å². The molecule has 0 fully saturated rings. The zero-order valence-corrected chi connectivity index (χ0v) is 15.9. The quantitative estimate of drug-likeness (QED) is 0.713. The van der Waals surface area contributed by atoms with E-state index in [0.29, 0.717) is 36.8 Å². The van der Waals surface area contributed by atoms with Gasteiger partial charge < -0.3 is 19.7 Å². The number of ether oxygens (including phenoxy) is 2. The molecule has 24 heavy (non-hydrogen) atoms. The molecule has 1 rings (SSSR count). The van der Waals surface area contributed by atoms with Crippen LogP contribution in [0.25, 0.3) is 0 Å². The van der Waals surface area contributed by atoms with E-state index in [9.17, 15) is 4.79 Å². The summed E-state index contributed by atoms with van der Waals surface area (Å²) < 4.78 is 11.3. The van der Waals surface area contributed by atoms with Gasteiger partial charge in [-0.3, -0.25) is 4.79 Å². The van der Waals surface area contributed by atoms with Crippen molar-refractivity contribution < 1.29 is 14.3 Å². The number of nitrogens with zero attached hydrogens (tertiary/aromatic N) is 1. The summed E-state index contributed by atoms with van der Waals surface area (Å²) in [5.41, 5.74) is 0.592. The monoisotopic (exact) mass is 336 g/mol. The summed E-state index contributed by atoms with van der Waals surface area (Å²) in [6.07, 6.45) is 0.925. The molecule has 0 atom stereocenters. The predicted octanol–water partition coefficient (Wildman–Crippen LogP) is 3.19. The molecule has 0 saturated heterocycles. The Hall–Kier alpha value is -1.75. The Morgan fingerprint density at radius 1 is 1.17 bits per heavy atom. The number of hydrogen-bond acceptors (Lipinski definition) is 4. The highest BCUT2D eigenvalue weighted by Gasteiger charge is 2.20. The van der Waals surface area contributed by atoms with E-state index < -0.39 is 0 Å². The number of nitrogens with one attached hydrogen (secondary N) is 1. The lowest BCUT2D eigenvalue weighted by atomic mass is 9.93. The Morgan fingerprint density at radius 2 is 1.88 bits per heavy atom. The second-order valence-corrected chi connectivity index (χ2v) is 7.03. The molecule has 0 radical (unpaired) electrons. The number of benzene rings is 1. The van der Waals surface area contributed by atoms with Crippen LogP contribution in [0, 0.1) is 5.41 Å². The third kappa shape index (κ3) is 6.79. The Balaban J connectivity index is 2.78. The highest BCUT2D eigenvalue weighted by Crippen LogP contribution is 2.28. The maximum atomic E-state index is 12.4. The average molecular weight is 336 g/mol. The number of amides is 1. The van der Waals surface area contributed by atoms with Crippen molar-refractivity contribution in [2.24, 2.45) is 5.41 Å². The molecule has 5 nitrogen and oxygen atoms in total. The van der Waals surface area contributed by atoms with Gasteiger partial charge >= 0.3 is 0 Å². The highest BCUT2D eigenvalue weighted by molar-refractivity contribution is 5.94. The van der Waals surface area contributed by atoms with Gasteiger partial charge in [0.25, 0.3) is 5.91 Å². The van der Waals surface area contributed by atoms with Gasteiger partial charge in [0, 0.05) is 18.7 Å². The summed E-state index contributed by atoms with van der Waals surface area (Å²) in [5.74, 6) is 1.21. The summed E-state index contributed by atoms with van der Waals surface area (Å²) in [4.78, 5) is 14.6. The van der Waals surface area contributed by atoms with Crippen LogP contribution in [0.3, 0.4) is 0 Å². The summed E-state index contributed by atoms with van der Waals surface area (Å²) in [5, 5.41) is 3.01. The first kappa shape index (κ1) is 20.3. The van der Waals surface area contributed by atoms with Crippen molar-refractivity contribution in [1.82, 2.24) is 10.2 Å². The van der Waals surface area contributed by atoms with E-state index in [1.54, 1.807) is 18.2 Å². The standard InChI is InChI=1S/C19H32N2O3/c1-7-11-24-16-10-9-15(12-17(16)23-8-2)18(22)20-13-19(3,4)14-21(5)6/h9-10,12H,7-8,11,13-14H2,1-6H3,(H,20,22). The van der Waals surface area contributed by atoms with Crippen molar-refractivity contribution in [3.05, 3.63) is 23.8 Å². The van der Waals surface area contributed by atoms with Gasteiger partial charge in [-0.2, -0.15) is 0 Å². The maximum Gasteiger partial charge on any atom is 0.251 e. The Kier molecular flexibility index (Phi) is 8.05. The molecule has 1 aromatic rings. The van der Waals surface area contributed by atoms with Crippen molar-refractivity contribution in [2.75, 3.05) is 40.4 Å². The normalized spacial score (nSPS) is 11.5. The molecule has 1 N–H and O–H groups in total. The van der Waals surface area contributed by atoms with Crippen molar-refractivity contribution in [1.29, 1.82) is 0 Å². The second-order valence-electron chi connectivity index (χ2n) is 7.03. The van der Waals surface area contributed by atoms with E-state index >= 15 is 0 Å². The minimum Gasteiger partial charge on any atom is -0.490 e. The molecule has 0 heterocycles. The number of carbonyl (C=O) groups is 1. The zero-order chi connectivity index (χ0) is 18.2. The molecule has 0 aliphatic carbocycles. The first-order chi connectivity index (χ1) is 11.3. The number of carbonyl (C=O) groups excluding carboxylic acids is 1. The smallest absolute Gasteiger partial charge is 0.251 e. The van der Waals surface area contributed by atoms with E-state index in [4.69, 9.17) is 9.47 Å². The summed E-state index contributed by atoms with van der Waals surface area (Å²) >= 11 is 0. The minimum absolute atomic E-state index is 0.00604. The maximum absolute atomic E-state index is 12.4. The van der Waals surface area contributed by atoms with Gasteiger partial charge in [-0.25, -0.2) is 0 Å². The van der Waals surface area contributed by atoms with Gasteiger partial charge in [-0.1, -0.05) is 20.8 Å². The van der Waals surface area contributed by atoms with Crippen LogP contribution in [-0.4, -0.2) is 51.2 Å². The lowest BCUT2D eigenvalue weighted by Crippen LogP contribution is -2.39. The molecule has 5 heteroatoms. The lowest BCUT2D eigenvalue weighted by Gasteiger charge is -2.28. The molecule has 1 amide bonds. The number of hydrogen-bond donors (Lipinski definition) is 1. The van der Waals surface area contributed by atoms with E-state index in [2.05, 4.69) is 31.0 Å². The van der Waals surface area contributed by atoms with Crippen molar-refractivity contribution in [3.8, 4) is 11.5 Å². The molecule has 1 aromatic carbocycles. The van der Waals surface area contributed by atoms with Crippen LogP contribution in [0.5, 0.6) is 11.5 Å². The molecular formula is C19H32N2O3. The predicted molar refractivity (Wildman–Crippen MR) is 98.1 cm³/mol. The zero-order valence-electron chi connectivity index (χ0n) is 15.9. The Morgan fingerprint density at radius 3 is 2.46 bits per heavy atom. The second kappa shape index (κ2) is 9.52. The molecular weight excluding hydrogens is 304 g/mol. The summed E-state index contributed by atoms with van der Waals surface area (Å²) in [6, 6.07) is 5.34. The molecule has 0 spiro atoms. The Labute approximate surface area is 146 Å². The molecule has 0 unspecified atom stereocenters. The van der Waals surface area contributed by atoms with Gasteiger partial charge in [-0.05, 0) is 51.1 Å². The topological polar surface area (TPSA) is 50.8 Å². The largest absolute Gasteiger partial charge is 0.490 e. The third-order valence-corrected chi connectivity index (χ3v) is 3.44. The SMILES string of the molecule is CCCOc1ccc(C(=O)NCC(C)(C)CN(C)C)cc1OCC. The molecule has 0 saturated carbocycles. The molecule has 0 bridgehead atoms. The first-order valence-electron chi connectivity index (χ1n) is 8.61. The first-order valence-corrected chi connectivity index (χ1v) is 8.61. The van der Waals surface area contributed by atoms with Gasteiger partial charge in [0.1, 0.15) is 0 Å². The molecule has 0 aromatic heterocycles. The van der Waals surface area contributed by atoms with Gasteiger partial charge in [0.2, 0.25) is 0 Å². The molecule has 136 valence electrons. The van der Waals surface area contributed by atoms with E-state index in [1.807, 2.05) is 21.0 Å². The van der Waals surface area contributed by atoms with Crippen LogP contribution in [0.1, 0.15) is 44.5 Å². The molecule has 0 aliphatic rings. The highest BCUT2D eigenvalue weighted by atomic mass is 16.5. The van der Waals surface area contributed by atoms with Gasteiger partial charge in [0.15, 0.2) is 11.5 Å². The van der Waals surface area contributed by atoms with E-state index in [0.717, 1.165) is 13.0 Å². The van der Waals surface area contributed by atoms with Crippen LogP contribution >= 0.6 is 0 Å². The van der Waals surface area contributed by atoms with Crippen LogP contribution in [0.15, 0.2) is 18.2 Å². The van der Waals surface area contributed by atoms with Crippen molar-refractivity contribution >= 4 is 5.91 Å². The Bertz CT molecular complexity index is 527. The van der Waals surface area contributed by atoms with Crippen LogP contribution in [0.4, 0.5) is 0 Å². The van der Waals surface area contributed by atoms with Crippen molar-refractivity contribution in [2.45, 2.75) is 34.1 Å². The number of rotatable bonds is 10. The third-order valence-electron chi connectivity index (χ3n) is 3.44. The molecule has 0 aliphatic heterocycles. The fourth-order valence-corrected chi connectivity index (χ4v) is 2.58. The van der Waals surface area contributed by atoms with Crippen LogP contribution < -0.4 is 14.8 Å². The summed E-state index contributed by atoms with van der Waals surface area (Å²) in [6.45, 7) is 10.9. The van der Waals surface area contributed by atoms with Gasteiger partial charge in [0.05, 0.1) is 13.2 Å². The lowest BCUT2D eigenvalue weighted by molar-refractivity contribution is 0.0928. The fourth-order valence-electron chi connectivity index (χ4n) is 2.58. The van der Waals surface area contributed by atoms with Crippen LogP contribution in [-0.2, 0) is 0 Å². The fraction of sp³-hybridized carbons (Fsp3) is 0.632. The van der Waals surface area contributed by atoms with E-state index in [1.165, 1.54) is 0 Å². The average Bonchev–Trinajstić information content (AvgIpc) is 2.50.